The maximum atomic E-state index is 12.6. The molecule has 0 N–H and O–H groups in total. The van der Waals surface area contributed by atoms with Gasteiger partial charge < -0.3 is 4.90 Å². The first-order chi connectivity index (χ1) is 11.4. The van der Waals surface area contributed by atoms with Crippen molar-refractivity contribution >= 4 is 15.7 Å². The molecule has 0 saturated carbocycles. The minimum absolute atomic E-state index is 0.0731. The van der Waals surface area contributed by atoms with Crippen LogP contribution in [0.2, 0.25) is 0 Å². The molecule has 6 heteroatoms. The number of nitrogens with zero attached hydrogens (tertiary/aromatic N) is 2. The van der Waals surface area contributed by atoms with E-state index >= 15 is 0 Å². The Morgan fingerprint density at radius 1 is 1.08 bits per heavy atom. The fourth-order valence-corrected chi connectivity index (χ4v) is 5.31. The Hall–Kier alpha value is -1.40. The van der Waals surface area contributed by atoms with E-state index in [2.05, 4.69) is 18.7 Å². The zero-order valence-electron chi connectivity index (χ0n) is 14.4. The van der Waals surface area contributed by atoms with Gasteiger partial charge in [-0.2, -0.15) is 0 Å². The molecule has 132 valence electrons. The molecule has 0 aromatic heterocycles. The normalized spacial score (nSPS) is 24.5. The largest absolute Gasteiger partial charge is 0.336 e. The first-order valence-corrected chi connectivity index (χ1v) is 10.5. The summed E-state index contributed by atoms with van der Waals surface area (Å²) in [5.41, 5.74) is 1.97. The van der Waals surface area contributed by atoms with Gasteiger partial charge in [0.15, 0.2) is 9.84 Å². The summed E-state index contributed by atoms with van der Waals surface area (Å²) in [4.78, 5) is 16.7. The third-order valence-corrected chi connectivity index (χ3v) is 6.90. The van der Waals surface area contributed by atoms with Crippen molar-refractivity contribution in [2.24, 2.45) is 0 Å². The Balaban J connectivity index is 1.57. The number of benzene rings is 1. The number of piperazine rings is 1. The summed E-state index contributed by atoms with van der Waals surface area (Å²) < 4.78 is 23.3. The van der Waals surface area contributed by atoms with E-state index in [9.17, 15) is 13.2 Å². The minimum Gasteiger partial charge on any atom is -0.336 e. The molecular formula is C18H26N2O3S. The molecule has 0 aliphatic carbocycles. The van der Waals surface area contributed by atoms with Crippen LogP contribution in [0, 0.1) is 0 Å². The smallest absolute Gasteiger partial charge is 0.253 e. The number of sulfone groups is 1. The van der Waals surface area contributed by atoms with Crippen LogP contribution in [0.4, 0.5) is 0 Å². The van der Waals surface area contributed by atoms with E-state index in [1.165, 1.54) is 5.56 Å². The number of carbonyl (C=O) groups is 1. The van der Waals surface area contributed by atoms with Crippen molar-refractivity contribution in [1.82, 2.24) is 9.80 Å². The summed E-state index contributed by atoms with van der Waals surface area (Å²) in [6.45, 7) is 7.13. The molecule has 1 atom stereocenters. The molecule has 24 heavy (non-hydrogen) atoms. The van der Waals surface area contributed by atoms with E-state index in [1.807, 2.05) is 29.2 Å². The summed E-state index contributed by atoms with van der Waals surface area (Å²) in [6, 6.07) is 8.01. The zero-order valence-corrected chi connectivity index (χ0v) is 15.3. The molecule has 0 spiro atoms. The predicted molar refractivity (Wildman–Crippen MR) is 95.1 cm³/mol. The molecule has 1 aromatic carbocycles. The van der Waals surface area contributed by atoms with Crippen LogP contribution in [0.5, 0.6) is 0 Å². The third kappa shape index (κ3) is 3.81. The highest BCUT2D eigenvalue weighted by Crippen LogP contribution is 2.20. The molecule has 2 aliphatic rings. The Kier molecular flexibility index (Phi) is 4.97. The van der Waals surface area contributed by atoms with E-state index in [-0.39, 0.29) is 17.7 Å². The Labute approximate surface area is 144 Å². The lowest BCUT2D eigenvalue weighted by atomic mass is 10.0. The summed E-state index contributed by atoms with van der Waals surface area (Å²) in [5.74, 6) is 1.11. The van der Waals surface area contributed by atoms with E-state index in [0.29, 0.717) is 24.8 Å². The van der Waals surface area contributed by atoms with Gasteiger partial charge in [-0.15, -0.1) is 0 Å². The second-order valence-corrected chi connectivity index (χ2v) is 9.39. The number of hydrogen-bond acceptors (Lipinski definition) is 4. The highest BCUT2D eigenvalue weighted by atomic mass is 32.2. The molecule has 1 amide bonds. The molecule has 3 rings (SSSR count). The van der Waals surface area contributed by atoms with Crippen LogP contribution in [0.25, 0.3) is 0 Å². The molecule has 2 aliphatic heterocycles. The van der Waals surface area contributed by atoms with Crippen LogP contribution in [0.1, 0.15) is 42.1 Å². The van der Waals surface area contributed by atoms with Crippen molar-refractivity contribution < 1.29 is 13.2 Å². The fraction of sp³-hybridized carbons (Fsp3) is 0.611. The topological polar surface area (TPSA) is 57.7 Å². The molecule has 0 bridgehead atoms. The van der Waals surface area contributed by atoms with E-state index in [1.54, 1.807) is 0 Å². The van der Waals surface area contributed by atoms with Crippen molar-refractivity contribution in [3.63, 3.8) is 0 Å². The SMILES string of the molecule is CC(C)c1ccc(C(=O)N2CCN([C@@H]3CCS(=O)(=O)C3)CC2)cc1. The van der Waals surface area contributed by atoms with Crippen LogP contribution in [-0.4, -0.2) is 67.9 Å². The summed E-state index contributed by atoms with van der Waals surface area (Å²) in [7, 11) is -2.85. The van der Waals surface area contributed by atoms with Crippen molar-refractivity contribution in [3.05, 3.63) is 35.4 Å². The maximum absolute atomic E-state index is 12.6. The molecule has 0 unspecified atom stereocenters. The standard InChI is InChI=1S/C18H26N2O3S/c1-14(2)15-3-5-16(6-4-15)18(21)20-10-8-19(9-11-20)17-7-12-24(22,23)13-17/h3-6,14,17H,7-13H2,1-2H3/t17-/m1/s1. The molecule has 2 saturated heterocycles. The van der Waals surface area contributed by atoms with Gasteiger partial charge in [-0.25, -0.2) is 8.42 Å². The highest BCUT2D eigenvalue weighted by molar-refractivity contribution is 7.91. The van der Waals surface area contributed by atoms with Gasteiger partial charge in [-0.05, 0) is 30.0 Å². The second-order valence-electron chi connectivity index (χ2n) is 7.16. The van der Waals surface area contributed by atoms with Crippen LogP contribution in [-0.2, 0) is 9.84 Å². The van der Waals surface area contributed by atoms with Crippen molar-refractivity contribution in [2.45, 2.75) is 32.2 Å². The van der Waals surface area contributed by atoms with Crippen molar-refractivity contribution in [2.75, 3.05) is 37.7 Å². The van der Waals surface area contributed by atoms with E-state index in [0.717, 1.165) is 25.1 Å². The van der Waals surface area contributed by atoms with Crippen molar-refractivity contribution in [1.29, 1.82) is 0 Å². The summed E-state index contributed by atoms with van der Waals surface area (Å²) >= 11 is 0. The predicted octanol–water partition coefficient (Wildman–Crippen LogP) is 1.75. The number of carbonyl (C=O) groups excluding carboxylic acids is 1. The van der Waals surface area contributed by atoms with E-state index < -0.39 is 9.84 Å². The van der Waals surface area contributed by atoms with Gasteiger partial charge in [-0.1, -0.05) is 26.0 Å². The van der Waals surface area contributed by atoms with Gasteiger partial charge in [0.25, 0.3) is 5.91 Å². The zero-order chi connectivity index (χ0) is 17.3. The van der Waals surface area contributed by atoms with Crippen LogP contribution < -0.4 is 0 Å². The van der Waals surface area contributed by atoms with Gasteiger partial charge in [0.2, 0.25) is 0 Å². The quantitative estimate of drug-likeness (QED) is 0.833. The fourth-order valence-electron chi connectivity index (χ4n) is 3.55. The number of amides is 1. The molecule has 0 radical (unpaired) electrons. The Bertz CT molecular complexity index is 689. The first-order valence-electron chi connectivity index (χ1n) is 8.69. The third-order valence-electron chi connectivity index (χ3n) is 5.15. The second kappa shape index (κ2) is 6.84. The monoisotopic (exact) mass is 350 g/mol. The first kappa shape index (κ1) is 17.4. The molecule has 5 nitrogen and oxygen atoms in total. The highest BCUT2D eigenvalue weighted by Gasteiger charge is 2.34. The number of hydrogen-bond donors (Lipinski definition) is 0. The van der Waals surface area contributed by atoms with Gasteiger partial charge in [0, 0.05) is 37.8 Å². The summed E-state index contributed by atoms with van der Waals surface area (Å²) in [6.07, 6.45) is 0.729. The minimum atomic E-state index is -2.85. The molecule has 1 aromatic rings. The molecule has 2 heterocycles. The van der Waals surface area contributed by atoms with Crippen LogP contribution in [0.3, 0.4) is 0 Å². The van der Waals surface area contributed by atoms with Crippen LogP contribution in [0.15, 0.2) is 24.3 Å². The maximum Gasteiger partial charge on any atom is 0.253 e. The number of rotatable bonds is 3. The summed E-state index contributed by atoms with van der Waals surface area (Å²) in [5, 5.41) is 0. The lowest BCUT2D eigenvalue weighted by Crippen LogP contribution is -2.52. The Morgan fingerprint density at radius 2 is 1.71 bits per heavy atom. The van der Waals surface area contributed by atoms with Gasteiger partial charge >= 0.3 is 0 Å². The lowest BCUT2D eigenvalue weighted by molar-refractivity contribution is 0.0588. The lowest BCUT2D eigenvalue weighted by Gasteiger charge is -2.37. The van der Waals surface area contributed by atoms with Crippen LogP contribution >= 0.6 is 0 Å². The average Bonchev–Trinajstić information content (AvgIpc) is 2.94. The van der Waals surface area contributed by atoms with Gasteiger partial charge in [-0.3, -0.25) is 9.69 Å². The molecular weight excluding hydrogens is 324 g/mol. The Morgan fingerprint density at radius 3 is 2.21 bits per heavy atom. The van der Waals surface area contributed by atoms with E-state index in [4.69, 9.17) is 0 Å². The van der Waals surface area contributed by atoms with Gasteiger partial charge in [0.1, 0.15) is 0 Å². The van der Waals surface area contributed by atoms with Gasteiger partial charge in [0.05, 0.1) is 11.5 Å². The van der Waals surface area contributed by atoms with Crippen molar-refractivity contribution in [3.8, 4) is 0 Å². The molecule has 2 fully saturated rings. The average molecular weight is 350 g/mol.